The van der Waals surface area contributed by atoms with Gasteiger partial charge in [0.2, 0.25) is 5.89 Å². The van der Waals surface area contributed by atoms with Crippen LogP contribution in [0.1, 0.15) is 23.1 Å². The number of hydrogen-bond acceptors (Lipinski definition) is 5. The lowest BCUT2D eigenvalue weighted by Crippen LogP contribution is -2.29. The summed E-state index contributed by atoms with van der Waals surface area (Å²) in [5.74, 6) is 0.443. The molecule has 0 spiro atoms. The molecule has 148 valence electrons. The minimum Gasteiger partial charge on any atom is -0.408 e. The first kappa shape index (κ1) is 19.9. The van der Waals surface area contributed by atoms with Crippen LogP contribution in [-0.4, -0.2) is 48.0 Å². The third-order valence-electron chi connectivity index (χ3n) is 5.48. The minimum atomic E-state index is -4.34. The quantitative estimate of drug-likeness (QED) is 0.784. The van der Waals surface area contributed by atoms with E-state index in [4.69, 9.17) is 4.42 Å². The van der Waals surface area contributed by atoms with Crippen molar-refractivity contribution in [1.29, 1.82) is 0 Å². The fourth-order valence-electron chi connectivity index (χ4n) is 4.42. The van der Waals surface area contributed by atoms with Gasteiger partial charge in [0.05, 0.1) is 0 Å². The van der Waals surface area contributed by atoms with Gasteiger partial charge in [-0.2, -0.15) is 13.2 Å². The smallest absolute Gasteiger partial charge is 0.397 e. The molecule has 0 N–H and O–H groups in total. The minimum absolute atomic E-state index is 0. The van der Waals surface area contributed by atoms with Crippen molar-refractivity contribution in [3.63, 3.8) is 0 Å². The maximum Gasteiger partial charge on any atom is 0.397 e. The predicted molar refractivity (Wildman–Crippen MR) is 97.0 cm³/mol. The molecule has 0 radical (unpaired) electrons. The Balaban J connectivity index is 0.00000210. The number of benzene rings is 1. The van der Waals surface area contributed by atoms with Gasteiger partial charge in [-0.15, -0.1) is 17.5 Å². The van der Waals surface area contributed by atoms with Gasteiger partial charge in [-0.1, -0.05) is 29.4 Å². The number of alkyl halides is 3. The summed E-state index contributed by atoms with van der Waals surface area (Å²) in [6.07, 6.45) is -5.53. The lowest BCUT2D eigenvalue weighted by Gasteiger charge is -2.27. The molecular weight excluding hydrogens is 381 g/mol. The summed E-state index contributed by atoms with van der Waals surface area (Å²) in [6, 6.07) is 8.86. The summed E-state index contributed by atoms with van der Waals surface area (Å²) in [7, 11) is 2.13. The van der Waals surface area contributed by atoms with Gasteiger partial charge < -0.3 is 9.32 Å². The zero-order valence-electron chi connectivity index (χ0n) is 15.1. The van der Waals surface area contributed by atoms with Crippen molar-refractivity contribution < 1.29 is 17.6 Å². The number of anilines is 1. The van der Waals surface area contributed by atoms with Gasteiger partial charge in [-0.25, -0.2) is 0 Å². The van der Waals surface area contributed by atoms with Gasteiger partial charge in [0, 0.05) is 31.6 Å². The zero-order valence-corrected chi connectivity index (χ0v) is 15.9. The van der Waals surface area contributed by atoms with Crippen LogP contribution in [0.25, 0.3) is 0 Å². The molecule has 2 aliphatic rings. The molecule has 2 saturated heterocycles. The van der Waals surface area contributed by atoms with E-state index in [9.17, 15) is 13.2 Å². The van der Waals surface area contributed by atoms with Crippen LogP contribution in [0.3, 0.4) is 0 Å². The molecule has 2 fully saturated rings. The molecule has 0 bridgehead atoms. The Labute approximate surface area is 161 Å². The zero-order chi connectivity index (χ0) is 18.5. The fraction of sp³-hybridized carbons (Fsp3) is 0.556. The Morgan fingerprint density at radius 2 is 1.89 bits per heavy atom. The van der Waals surface area contributed by atoms with Crippen molar-refractivity contribution in [2.24, 2.45) is 11.8 Å². The Hall–Kier alpha value is -1.80. The number of hydrogen-bond donors (Lipinski definition) is 0. The van der Waals surface area contributed by atoms with E-state index in [0.717, 1.165) is 13.1 Å². The van der Waals surface area contributed by atoms with Gasteiger partial charge in [0.25, 0.3) is 0 Å². The molecule has 0 amide bonds. The first-order valence-corrected chi connectivity index (χ1v) is 8.71. The van der Waals surface area contributed by atoms with Gasteiger partial charge in [0.15, 0.2) is 0 Å². The number of fused-ring (bicyclic) bond motifs is 1. The molecule has 2 aromatic rings. The van der Waals surface area contributed by atoms with E-state index in [2.05, 4.69) is 47.3 Å². The van der Waals surface area contributed by atoms with Crippen LogP contribution in [0.15, 0.2) is 28.7 Å². The third kappa shape index (κ3) is 3.91. The fourth-order valence-corrected chi connectivity index (χ4v) is 4.42. The second kappa shape index (κ2) is 7.31. The predicted octanol–water partition coefficient (Wildman–Crippen LogP) is 3.64. The Kier molecular flexibility index (Phi) is 5.40. The molecule has 5 nitrogen and oxygen atoms in total. The first-order valence-electron chi connectivity index (χ1n) is 8.71. The highest BCUT2D eigenvalue weighted by atomic mass is 35.5. The number of aryl methyl sites for hydroxylation is 1. The average Bonchev–Trinajstić information content (AvgIpc) is 3.21. The van der Waals surface area contributed by atoms with Gasteiger partial charge >= 0.3 is 12.2 Å². The van der Waals surface area contributed by atoms with Crippen LogP contribution < -0.4 is 4.90 Å². The summed E-state index contributed by atoms with van der Waals surface area (Å²) in [5.41, 5.74) is 2.57. The molecule has 3 heterocycles. The molecule has 1 aromatic heterocycles. The van der Waals surface area contributed by atoms with Crippen LogP contribution in [0.5, 0.6) is 0 Å². The van der Waals surface area contributed by atoms with Crippen molar-refractivity contribution in [2.45, 2.75) is 25.6 Å². The van der Waals surface area contributed by atoms with E-state index in [1.165, 1.54) is 11.1 Å². The van der Waals surface area contributed by atoms with Crippen LogP contribution >= 0.6 is 12.4 Å². The SMILES string of the molecule is Cc1ccccc1[C@@H]1[C@@H]2CN(c3nnc(CC(F)(F)F)o3)C[C@@H]2CN1C.Cl. The number of aromatic nitrogens is 2. The summed E-state index contributed by atoms with van der Waals surface area (Å²) in [4.78, 5) is 4.30. The number of likely N-dealkylation sites (tertiary alicyclic amines) is 1. The maximum atomic E-state index is 12.5. The van der Waals surface area contributed by atoms with Gasteiger partial charge in [-0.05, 0) is 31.0 Å². The van der Waals surface area contributed by atoms with E-state index in [-0.39, 0.29) is 24.3 Å². The Morgan fingerprint density at radius 3 is 2.59 bits per heavy atom. The molecule has 1 aromatic carbocycles. The van der Waals surface area contributed by atoms with Crippen LogP contribution in [0.2, 0.25) is 0 Å². The van der Waals surface area contributed by atoms with Gasteiger partial charge in [-0.3, -0.25) is 4.90 Å². The normalized spacial score (nSPS) is 25.5. The van der Waals surface area contributed by atoms with Crippen molar-refractivity contribution in [3.8, 4) is 0 Å². The number of nitrogens with zero attached hydrogens (tertiary/aromatic N) is 4. The van der Waals surface area contributed by atoms with Crippen LogP contribution in [-0.2, 0) is 6.42 Å². The van der Waals surface area contributed by atoms with Crippen molar-refractivity contribution in [2.75, 3.05) is 31.6 Å². The third-order valence-corrected chi connectivity index (χ3v) is 5.48. The topological polar surface area (TPSA) is 45.4 Å². The highest BCUT2D eigenvalue weighted by Gasteiger charge is 2.47. The number of rotatable bonds is 3. The molecule has 2 aliphatic heterocycles. The lowest BCUT2D eigenvalue weighted by atomic mass is 9.88. The van der Waals surface area contributed by atoms with E-state index < -0.39 is 12.6 Å². The van der Waals surface area contributed by atoms with Crippen LogP contribution in [0.4, 0.5) is 19.2 Å². The van der Waals surface area contributed by atoms with Crippen molar-refractivity contribution in [1.82, 2.24) is 15.1 Å². The molecule has 9 heteroatoms. The molecular formula is C18H22ClF3N4O. The molecule has 0 saturated carbocycles. The molecule has 4 rings (SSSR count). The van der Waals surface area contributed by atoms with Crippen molar-refractivity contribution in [3.05, 3.63) is 41.3 Å². The Bertz CT molecular complexity index is 797. The van der Waals surface area contributed by atoms with E-state index in [1.807, 2.05) is 11.0 Å². The van der Waals surface area contributed by atoms with Gasteiger partial charge in [0.1, 0.15) is 6.42 Å². The average molecular weight is 403 g/mol. The monoisotopic (exact) mass is 402 g/mol. The largest absolute Gasteiger partial charge is 0.408 e. The molecule has 27 heavy (non-hydrogen) atoms. The van der Waals surface area contributed by atoms with Crippen LogP contribution in [0, 0.1) is 18.8 Å². The van der Waals surface area contributed by atoms with E-state index >= 15 is 0 Å². The van der Waals surface area contributed by atoms with E-state index in [0.29, 0.717) is 24.4 Å². The Morgan fingerprint density at radius 1 is 1.15 bits per heavy atom. The number of halogens is 4. The molecule has 0 unspecified atom stereocenters. The molecule has 0 aliphatic carbocycles. The van der Waals surface area contributed by atoms with E-state index in [1.54, 1.807) is 0 Å². The summed E-state index contributed by atoms with van der Waals surface area (Å²) in [5, 5.41) is 7.40. The van der Waals surface area contributed by atoms with Crippen molar-refractivity contribution >= 4 is 18.4 Å². The second-order valence-corrected chi connectivity index (χ2v) is 7.34. The summed E-state index contributed by atoms with van der Waals surface area (Å²) in [6.45, 7) is 4.50. The second-order valence-electron chi connectivity index (χ2n) is 7.34. The maximum absolute atomic E-state index is 12.5. The highest BCUT2D eigenvalue weighted by molar-refractivity contribution is 5.85. The summed E-state index contributed by atoms with van der Waals surface area (Å²) >= 11 is 0. The first-order chi connectivity index (χ1) is 12.3. The standard InChI is InChI=1S/C18H21F3N4O.ClH/c1-11-5-3-4-6-13(11)16-14-10-25(9-12(14)8-24(16)2)17-23-22-15(26-17)7-18(19,20)21;/h3-6,12,14,16H,7-10H2,1-2H3;1H/t12-,14+,16+;/m0./s1. The lowest BCUT2D eigenvalue weighted by molar-refractivity contribution is -0.130. The highest BCUT2D eigenvalue weighted by Crippen LogP contribution is 2.45. The molecule has 3 atom stereocenters. The summed E-state index contributed by atoms with van der Waals surface area (Å²) < 4.78 is 42.7.